The molecule has 0 bridgehead atoms. The Bertz CT molecular complexity index is 871. The van der Waals surface area contributed by atoms with Gasteiger partial charge in [0, 0.05) is 6.42 Å². The molecule has 1 atom stereocenters. The second-order valence-corrected chi connectivity index (χ2v) is 6.81. The van der Waals surface area contributed by atoms with E-state index in [0.717, 1.165) is 21.6 Å². The highest BCUT2D eigenvalue weighted by molar-refractivity contribution is 6.39. The molecule has 1 fully saturated rings. The molecule has 1 spiro atoms. The van der Waals surface area contributed by atoms with Crippen LogP contribution in [0.1, 0.15) is 36.5 Å². The Morgan fingerprint density at radius 1 is 1.22 bits per heavy atom. The molecule has 2 aliphatic heterocycles. The first-order valence-electron chi connectivity index (χ1n) is 8.58. The highest BCUT2D eigenvalue weighted by Crippen LogP contribution is 2.42. The summed E-state index contributed by atoms with van der Waals surface area (Å²) in [5.41, 5.74) is 1.31. The lowest BCUT2D eigenvalue weighted by Crippen LogP contribution is -2.48. The molecule has 1 saturated heterocycles. The van der Waals surface area contributed by atoms with E-state index in [4.69, 9.17) is 4.74 Å². The highest BCUT2D eigenvalue weighted by Gasteiger charge is 2.61. The SMILES string of the molecule is CCOC(=O)C1=NN(N=O)[C@@]2(CC(=O)N(c3c(C)cc(C)cc3C)C2=O)C1. The number of amides is 2. The van der Waals surface area contributed by atoms with Crippen molar-refractivity contribution in [2.24, 2.45) is 10.4 Å². The predicted octanol–water partition coefficient (Wildman–Crippen LogP) is 1.92. The number of hydrogen-bond acceptors (Lipinski definition) is 7. The number of esters is 1. The average Bonchev–Trinajstić information content (AvgIpc) is 3.07. The maximum Gasteiger partial charge on any atom is 0.354 e. The summed E-state index contributed by atoms with van der Waals surface area (Å²) in [6.07, 6.45) is -0.501. The number of nitrogens with zero attached hydrogens (tertiary/aromatic N) is 4. The molecule has 0 aromatic heterocycles. The maximum absolute atomic E-state index is 13.3. The number of carbonyl (C=O) groups is 3. The fourth-order valence-electron chi connectivity index (χ4n) is 3.79. The van der Waals surface area contributed by atoms with E-state index >= 15 is 0 Å². The standard InChI is InChI=1S/C18H20N4O5/c1-5-27-16(24)13-8-18(22(19-13)20-26)9-14(23)21(17(18)25)15-11(3)6-10(2)7-12(15)4/h6-7H,5,8-9H2,1-4H3/t18-/m1/s1. The number of ether oxygens (including phenoxy) is 1. The van der Waals surface area contributed by atoms with E-state index in [0.29, 0.717) is 10.8 Å². The Kier molecular flexibility index (Phi) is 4.54. The number of imide groups is 1. The van der Waals surface area contributed by atoms with Crippen LogP contribution in [0.5, 0.6) is 0 Å². The van der Waals surface area contributed by atoms with Crippen LogP contribution in [0.2, 0.25) is 0 Å². The molecular weight excluding hydrogens is 352 g/mol. The predicted molar refractivity (Wildman–Crippen MR) is 96.8 cm³/mol. The molecule has 3 rings (SSSR count). The highest BCUT2D eigenvalue weighted by atomic mass is 16.5. The van der Waals surface area contributed by atoms with E-state index in [1.54, 1.807) is 6.92 Å². The van der Waals surface area contributed by atoms with Crippen molar-refractivity contribution in [2.75, 3.05) is 11.5 Å². The number of anilines is 1. The lowest BCUT2D eigenvalue weighted by molar-refractivity contribution is -0.135. The summed E-state index contributed by atoms with van der Waals surface area (Å²) >= 11 is 0. The molecule has 1 aromatic rings. The Labute approximate surface area is 155 Å². The molecule has 0 saturated carbocycles. The molecule has 0 unspecified atom stereocenters. The molecule has 9 nitrogen and oxygen atoms in total. The Balaban J connectivity index is 2.02. The molecule has 2 amide bonds. The minimum absolute atomic E-state index is 0.100. The molecular formula is C18H20N4O5. The second-order valence-electron chi connectivity index (χ2n) is 6.81. The van der Waals surface area contributed by atoms with Crippen molar-refractivity contribution in [3.63, 3.8) is 0 Å². The Morgan fingerprint density at radius 2 is 1.85 bits per heavy atom. The number of hydrogen-bond donors (Lipinski definition) is 0. The molecule has 0 aliphatic carbocycles. The lowest BCUT2D eigenvalue weighted by Gasteiger charge is -2.26. The number of aryl methyl sites for hydroxylation is 3. The van der Waals surface area contributed by atoms with E-state index in [1.165, 1.54) is 0 Å². The summed E-state index contributed by atoms with van der Waals surface area (Å²) in [5.74, 6) is -1.82. The molecule has 1 aromatic carbocycles. The van der Waals surface area contributed by atoms with Gasteiger partial charge in [0.05, 0.1) is 24.0 Å². The summed E-state index contributed by atoms with van der Waals surface area (Å²) in [5, 5.41) is 7.24. The fourth-order valence-corrected chi connectivity index (χ4v) is 3.79. The zero-order valence-electron chi connectivity index (χ0n) is 15.6. The van der Waals surface area contributed by atoms with Crippen molar-refractivity contribution in [3.8, 4) is 0 Å². The largest absolute Gasteiger partial charge is 0.461 e. The quantitative estimate of drug-likeness (QED) is 0.454. The number of rotatable bonds is 4. The third-order valence-corrected chi connectivity index (χ3v) is 4.80. The number of benzene rings is 1. The van der Waals surface area contributed by atoms with Gasteiger partial charge >= 0.3 is 5.97 Å². The number of carbonyl (C=O) groups excluding carboxylic acids is 3. The van der Waals surface area contributed by atoms with Gasteiger partial charge in [0.15, 0.2) is 11.3 Å². The van der Waals surface area contributed by atoms with Gasteiger partial charge in [-0.2, -0.15) is 0 Å². The van der Waals surface area contributed by atoms with Gasteiger partial charge in [0.2, 0.25) is 5.91 Å². The van der Waals surface area contributed by atoms with Crippen LogP contribution in [-0.4, -0.2) is 40.8 Å². The van der Waals surface area contributed by atoms with Gasteiger partial charge in [-0.1, -0.05) is 17.7 Å². The van der Waals surface area contributed by atoms with Crippen molar-refractivity contribution in [2.45, 2.75) is 46.1 Å². The van der Waals surface area contributed by atoms with Crippen molar-refractivity contribution in [3.05, 3.63) is 33.7 Å². The zero-order chi connectivity index (χ0) is 19.9. The minimum atomic E-state index is -1.62. The third kappa shape index (κ3) is 2.79. The Hall–Kier alpha value is -3.10. The van der Waals surface area contributed by atoms with Crippen LogP contribution < -0.4 is 4.90 Å². The van der Waals surface area contributed by atoms with Gasteiger partial charge in [-0.25, -0.2) is 9.69 Å². The van der Waals surface area contributed by atoms with Crippen LogP contribution in [0.3, 0.4) is 0 Å². The summed E-state index contributed by atoms with van der Waals surface area (Å²) in [6.45, 7) is 7.30. The van der Waals surface area contributed by atoms with Gasteiger partial charge in [0.25, 0.3) is 5.91 Å². The van der Waals surface area contributed by atoms with Crippen LogP contribution in [0.25, 0.3) is 0 Å². The smallest absolute Gasteiger partial charge is 0.354 e. The first kappa shape index (κ1) is 18.7. The molecule has 0 N–H and O–H groups in total. The van der Waals surface area contributed by atoms with Crippen LogP contribution in [0.4, 0.5) is 5.69 Å². The monoisotopic (exact) mass is 372 g/mol. The summed E-state index contributed by atoms with van der Waals surface area (Å²) in [6, 6.07) is 3.75. The van der Waals surface area contributed by atoms with Gasteiger partial charge in [-0.15, -0.1) is 15.1 Å². The van der Waals surface area contributed by atoms with E-state index < -0.39 is 23.3 Å². The van der Waals surface area contributed by atoms with Crippen LogP contribution in [-0.2, 0) is 19.1 Å². The van der Waals surface area contributed by atoms with Crippen LogP contribution >= 0.6 is 0 Å². The molecule has 0 radical (unpaired) electrons. The molecule has 27 heavy (non-hydrogen) atoms. The summed E-state index contributed by atoms with van der Waals surface area (Å²) in [7, 11) is 0. The molecule has 142 valence electrons. The Morgan fingerprint density at radius 3 is 2.41 bits per heavy atom. The van der Waals surface area contributed by atoms with Crippen molar-refractivity contribution in [1.29, 1.82) is 0 Å². The topological polar surface area (TPSA) is 109 Å². The minimum Gasteiger partial charge on any atom is -0.461 e. The molecule has 9 heteroatoms. The number of nitroso groups, excluding NO2 is 1. The van der Waals surface area contributed by atoms with E-state index in [9.17, 15) is 19.3 Å². The van der Waals surface area contributed by atoms with Gasteiger partial charge in [-0.3, -0.25) is 9.59 Å². The van der Waals surface area contributed by atoms with Gasteiger partial charge in [0.1, 0.15) is 0 Å². The van der Waals surface area contributed by atoms with Gasteiger partial charge < -0.3 is 4.74 Å². The van der Waals surface area contributed by atoms with Crippen LogP contribution in [0, 0.1) is 25.7 Å². The van der Waals surface area contributed by atoms with Crippen molar-refractivity contribution >= 4 is 29.2 Å². The van der Waals surface area contributed by atoms with Crippen molar-refractivity contribution in [1.82, 2.24) is 5.12 Å². The first-order chi connectivity index (χ1) is 12.7. The third-order valence-electron chi connectivity index (χ3n) is 4.80. The number of hydrazone groups is 1. The molecule has 2 aliphatic rings. The first-order valence-corrected chi connectivity index (χ1v) is 8.58. The molecule has 2 heterocycles. The fraction of sp³-hybridized carbons (Fsp3) is 0.444. The van der Waals surface area contributed by atoms with E-state index in [2.05, 4.69) is 10.4 Å². The normalized spacial score (nSPS) is 21.9. The van der Waals surface area contributed by atoms with Gasteiger partial charge in [-0.05, 0) is 38.8 Å². The van der Waals surface area contributed by atoms with Crippen LogP contribution in [0.15, 0.2) is 22.5 Å². The summed E-state index contributed by atoms with van der Waals surface area (Å²) in [4.78, 5) is 50.4. The zero-order valence-corrected chi connectivity index (χ0v) is 15.6. The average molecular weight is 372 g/mol. The summed E-state index contributed by atoms with van der Waals surface area (Å²) < 4.78 is 4.90. The lowest BCUT2D eigenvalue weighted by atomic mass is 9.92. The van der Waals surface area contributed by atoms with Crippen molar-refractivity contribution < 1.29 is 19.1 Å². The second kappa shape index (κ2) is 6.57. The maximum atomic E-state index is 13.3. The van der Waals surface area contributed by atoms with E-state index in [-0.39, 0.29) is 25.2 Å². The van der Waals surface area contributed by atoms with E-state index in [1.807, 2.05) is 32.9 Å².